The van der Waals surface area contributed by atoms with E-state index in [4.69, 9.17) is 4.52 Å². The van der Waals surface area contributed by atoms with Gasteiger partial charge in [0.05, 0.1) is 5.69 Å². The molecule has 0 saturated carbocycles. The third-order valence-corrected chi connectivity index (χ3v) is 3.59. The number of hydrogen-bond acceptors (Lipinski definition) is 4. The van der Waals surface area contributed by atoms with E-state index in [9.17, 15) is 4.79 Å². The third kappa shape index (κ3) is 3.70. The van der Waals surface area contributed by atoms with E-state index >= 15 is 0 Å². The first-order valence-electron chi connectivity index (χ1n) is 6.51. The molecule has 5 nitrogen and oxygen atoms in total. The molecule has 1 N–H and O–H groups in total. The van der Waals surface area contributed by atoms with E-state index < -0.39 is 0 Å². The average molecular weight is 288 g/mol. The lowest BCUT2D eigenvalue weighted by Crippen LogP contribution is -2.52. The van der Waals surface area contributed by atoms with Gasteiger partial charge in [0.1, 0.15) is 5.76 Å². The number of nitrogens with zero attached hydrogens (tertiary/aromatic N) is 2. The Hall–Kier alpha value is -1.07. The molecule has 2 heterocycles. The predicted molar refractivity (Wildman–Crippen MR) is 75.6 cm³/mol. The second kappa shape index (κ2) is 6.91. The van der Waals surface area contributed by atoms with Crippen molar-refractivity contribution in [2.45, 2.75) is 39.7 Å². The van der Waals surface area contributed by atoms with Crippen LogP contribution >= 0.6 is 12.4 Å². The Labute approximate surface area is 120 Å². The SMILES string of the molecule is Cc1noc(C)c1CCC(=O)N1CCNC[C@H]1C.Cl. The number of carbonyl (C=O) groups excluding carboxylic acids is 1. The van der Waals surface area contributed by atoms with Crippen LogP contribution in [0.5, 0.6) is 0 Å². The average Bonchev–Trinajstić information content (AvgIpc) is 2.67. The van der Waals surface area contributed by atoms with Crippen LogP contribution in [0, 0.1) is 13.8 Å². The minimum Gasteiger partial charge on any atom is -0.361 e. The van der Waals surface area contributed by atoms with Gasteiger partial charge < -0.3 is 14.7 Å². The van der Waals surface area contributed by atoms with Gasteiger partial charge in [-0.3, -0.25) is 4.79 Å². The van der Waals surface area contributed by atoms with Gasteiger partial charge in [-0.1, -0.05) is 5.16 Å². The maximum absolute atomic E-state index is 12.2. The zero-order valence-corrected chi connectivity index (χ0v) is 12.5. The minimum absolute atomic E-state index is 0. The zero-order valence-electron chi connectivity index (χ0n) is 11.7. The smallest absolute Gasteiger partial charge is 0.223 e. The van der Waals surface area contributed by atoms with Gasteiger partial charge in [0.2, 0.25) is 5.91 Å². The first-order chi connectivity index (χ1) is 8.59. The summed E-state index contributed by atoms with van der Waals surface area (Å²) in [6, 6.07) is 0.288. The summed E-state index contributed by atoms with van der Waals surface area (Å²) in [5, 5.41) is 7.20. The van der Waals surface area contributed by atoms with E-state index in [1.165, 1.54) is 0 Å². The summed E-state index contributed by atoms with van der Waals surface area (Å²) >= 11 is 0. The van der Waals surface area contributed by atoms with Crippen LogP contribution in [0.4, 0.5) is 0 Å². The van der Waals surface area contributed by atoms with Gasteiger partial charge in [-0.2, -0.15) is 0 Å². The Kier molecular flexibility index (Phi) is 5.82. The molecule has 1 aromatic rings. The summed E-state index contributed by atoms with van der Waals surface area (Å²) in [4.78, 5) is 14.1. The van der Waals surface area contributed by atoms with Crippen LogP contribution in [0.25, 0.3) is 0 Å². The molecule has 1 amide bonds. The highest BCUT2D eigenvalue weighted by Crippen LogP contribution is 2.15. The molecule has 0 bridgehead atoms. The van der Waals surface area contributed by atoms with Gasteiger partial charge in [-0.05, 0) is 27.2 Å². The fourth-order valence-corrected chi connectivity index (χ4v) is 2.45. The van der Waals surface area contributed by atoms with Gasteiger partial charge in [-0.25, -0.2) is 0 Å². The molecule has 108 valence electrons. The number of amides is 1. The molecule has 1 atom stereocenters. The van der Waals surface area contributed by atoms with Crippen molar-refractivity contribution in [1.29, 1.82) is 0 Å². The van der Waals surface area contributed by atoms with Crippen molar-refractivity contribution >= 4 is 18.3 Å². The maximum Gasteiger partial charge on any atom is 0.223 e. The van der Waals surface area contributed by atoms with E-state index in [0.29, 0.717) is 6.42 Å². The lowest BCUT2D eigenvalue weighted by Gasteiger charge is -2.34. The minimum atomic E-state index is 0. The number of halogens is 1. The van der Waals surface area contributed by atoms with Crippen LogP contribution in [0.2, 0.25) is 0 Å². The predicted octanol–water partition coefficient (Wildman–Crippen LogP) is 1.47. The largest absolute Gasteiger partial charge is 0.361 e. The van der Waals surface area contributed by atoms with Crippen LogP contribution in [0.3, 0.4) is 0 Å². The van der Waals surface area contributed by atoms with Crippen molar-refractivity contribution in [1.82, 2.24) is 15.4 Å². The van der Waals surface area contributed by atoms with Crippen LogP contribution in [-0.4, -0.2) is 41.6 Å². The molecule has 19 heavy (non-hydrogen) atoms. The Balaban J connectivity index is 0.00000180. The molecule has 0 aliphatic carbocycles. The van der Waals surface area contributed by atoms with E-state index in [1.54, 1.807) is 0 Å². The summed E-state index contributed by atoms with van der Waals surface area (Å²) in [7, 11) is 0. The molecular weight excluding hydrogens is 266 g/mol. The number of rotatable bonds is 3. The zero-order chi connectivity index (χ0) is 13.1. The molecule has 6 heteroatoms. The molecule has 1 aromatic heterocycles. The van der Waals surface area contributed by atoms with Gasteiger partial charge in [-0.15, -0.1) is 12.4 Å². The molecule has 1 aliphatic heterocycles. The number of hydrogen-bond donors (Lipinski definition) is 1. The quantitative estimate of drug-likeness (QED) is 0.914. The van der Waals surface area contributed by atoms with Gasteiger partial charge in [0.25, 0.3) is 0 Å². The topological polar surface area (TPSA) is 58.4 Å². The van der Waals surface area contributed by atoms with Crippen molar-refractivity contribution in [3.63, 3.8) is 0 Å². The van der Waals surface area contributed by atoms with Crippen LogP contribution in [0.1, 0.15) is 30.4 Å². The van der Waals surface area contributed by atoms with Gasteiger partial charge in [0.15, 0.2) is 0 Å². The number of nitrogens with one attached hydrogen (secondary N) is 1. The number of piperazine rings is 1. The van der Waals surface area contributed by atoms with Crippen molar-refractivity contribution in [2.24, 2.45) is 0 Å². The molecule has 0 radical (unpaired) electrons. The van der Waals surface area contributed by atoms with Crippen LogP contribution in [-0.2, 0) is 11.2 Å². The highest BCUT2D eigenvalue weighted by atomic mass is 35.5. The summed E-state index contributed by atoms with van der Waals surface area (Å²) in [6.07, 6.45) is 1.25. The molecule has 2 rings (SSSR count). The van der Waals surface area contributed by atoms with Gasteiger partial charge >= 0.3 is 0 Å². The summed E-state index contributed by atoms with van der Waals surface area (Å²) in [5.74, 6) is 1.05. The highest BCUT2D eigenvalue weighted by Gasteiger charge is 2.23. The molecule has 1 fully saturated rings. The fraction of sp³-hybridized carbons (Fsp3) is 0.692. The molecule has 1 aliphatic rings. The van der Waals surface area contributed by atoms with Crippen LogP contribution in [0.15, 0.2) is 4.52 Å². The number of aryl methyl sites for hydroxylation is 2. The monoisotopic (exact) mass is 287 g/mol. The standard InChI is InChI=1S/C13H21N3O2.ClH/c1-9-8-14-6-7-16(9)13(17)5-4-12-10(2)15-18-11(12)3;/h9,14H,4-8H2,1-3H3;1H/t9-;/m1./s1. The van der Waals surface area contributed by atoms with Crippen molar-refractivity contribution in [2.75, 3.05) is 19.6 Å². The summed E-state index contributed by atoms with van der Waals surface area (Å²) < 4.78 is 5.11. The van der Waals surface area contributed by atoms with E-state index in [0.717, 1.165) is 43.1 Å². The Morgan fingerprint density at radius 1 is 1.53 bits per heavy atom. The third-order valence-electron chi connectivity index (χ3n) is 3.59. The number of carbonyl (C=O) groups is 1. The second-order valence-corrected chi connectivity index (χ2v) is 4.94. The highest BCUT2D eigenvalue weighted by molar-refractivity contribution is 5.85. The van der Waals surface area contributed by atoms with E-state index in [1.807, 2.05) is 18.7 Å². The maximum atomic E-state index is 12.2. The molecule has 0 unspecified atom stereocenters. The van der Waals surface area contributed by atoms with Crippen molar-refractivity contribution in [3.05, 3.63) is 17.0 Å². The van der Waals surface area contributed by atoms with Crippen molar-refractivity contribution in [3.8, 4) is 0 Å². The molecule has 0 spiro atoms. The Morgan fingerprint density at radius 2 is 2.26 bits per heavy atom. The number of aromatic nitrogens is 1. The molecular formula is C13H22ClN3O2. The van der Waals surface area contributed by atoms with Gasteiger partial charge in [0, 0.05) is 37.7 Å². The Bertz CT molecular complexity index is 414. The lowest BCUT2D eigenvalue weighted by molar-refractivity contribution is -0.133. The summed E-state index contributed by atoms with van der Waals surface area (Å²) in [6.45, 7) is 8.48. The van der Waals surface area contributed by atoms with E-state index in [2.05, 4.69) is 17.4 Å². The Morgan fingerprint density at radius 3 is 2.84 bits per heavy atom. The summed E-state index contributed by atoms with van der Waals surface area (Å²) in [5.41, 5.74) is 1.97. The first-order valence-corrected chi connectivity index (χ1v) is 6.51. The fourth-order valence-electron chi connectivity index (χ4n) is 2.45. The molecule has 1 saturated heterocycles. The second-order valence-electron chi connectivity index (χ2n) is 4.94. The first kappa shape index (κ1) is 16.0. The van der Waals surface area contributed by atoms with Crippen LogP contribution < -0.4 is 5.32 Å². The van der Waals surface area contributed by atoms with E-state index in [-0.39, 0.29) is 24.4 Å². The van der Waals surface area contributed by atoms with Crippen molar-refractivity contribution < 1.29 is 9.32 Å². The molecule has 0 aromatic carbocycles. The lowest BCUT2D eigenvalue weighted by atomic mass is 10.1. The normalized spacial score (nSPS) is 19.1.